The fourth-order valence-corrected chi connectivity index (χ4v) is 2.93. The molecule has 2 aromatic rings. The number of imide groups is 1. The molecule has 0 saturated carbocycles. The Labute approximate surface area is 183 Å². The van der Waals surface area contributed by atoms with Crippen LogP contribution in [0.1, 0.15) is 34.6 Å². The second-order valence-corrected chi connectivity index (χ2v) is 7.48. The van der Waals surface area contributed by atoms with E-state index in [-0.39, 0.29) is 24.2 Å². The van der Waals surface area contributed by atoms with Gasteiger partial charge in [0.25, 0.3) is 11.8 Å². The first-order chi connectivity index (χ1) is 15.4. The Hall–Kier alpha value is -3.83. The molecule has 3 amide bonds. The number of benzene rings is 2. The van der Waals surface area contributed by atoms with Crippen LogP contribution < -0.4 is 10.1 Å². The highest BCUT2D eigenvalue weighted by molar-refractivity contribution is 6.21. The summed E-state index contributed by atoms with van der Waals surface area (Å²) in [6.07, 6.45) is 0. The van der Waals surface area contributed by atoms with Crippen molar-refractivity contribution in [2.45, 2.75) is 13.8 Å². The first kappa shape index (κ1) is 23.8. The number of nitrogens with zero attached hydrogens (tertiary/aromatic N) is 1. The van der Waals surface area contributed by atoms with E-state index in [1.165, 1.54) is 12.1 Å². The Bertz CT molecular complexity index is 1130. The highest BCUT2D eigenvalue weighted by atomic mass is 19.2. The van der Waals surface area contributed by atoms with Gasteiger partial charge in [-0.3, -0.25) is 24.1 Å². The lowest BCUT2D eigenvalue weighted by Crippen LogP contribution is -2.47. The topological polar surface area (TPSA) is 92.8 Å². The minimum Gasteiger partial charge on any atom is -0.419 e. The van der Waals surface area contributed by atoms with E-state index in [1.807, 2.05) is 0 Å². The van der Waals surface area contributed by atoms with Crippen LogP contribution in [0.2, 0.25) is 0 Å². The van der Waals surface area contributed by atoms with Crippen LogP contribution in [0.15, 0.2) is 24.3 Å². The summed E-state index contributed by atoms with van der Waals surface area (Å²) in [5.74, 6) is -17.5. The largest absolute Gasteiger partial charge is 0.419 e. The molecule has 0 aromatic heterocycles. The summed E-state index contributed by atoms with van der Waals surface area (Å²) in [5.41, 5.74) is -1.75. The van der Waals surface area contributed by atoms with Gasteiger partial charge in [-0.2, -0.15) is 8.78 Å². The molecule has 0 fully saturated rings. The van der Waals surface area contributed by atoms with Crippen molar-refractivity contribution in [1.29, 1.82) is 0 Å². The maximum Gasteiger partial charge on any atom is 0.326 e. The summed E-state index contributed by atoms with van der Waals surface area (Å²) >= 11 is 0. The Morgan fingerprint density at radius 1 is 0.879 bits per heavy atom. The molecule has 0 atom stereocenters. The molecule has 0 spiro atoms. The van der Waals surface area contributed by atoms with Crippen molar-refractivity contribution in [3.05, 3.63) is 64.5 Å². The van der Waals surface area contributed by atoms with Crippen LogP contribution in [0.25, 0.3) is 0 Å². The van der Waals surface area contributed by atoms with E-state index >= 15 is 0 Å². The molecule has 1 aliphatic heterocycles. The molecule has 0 bridgehead atoms. The Balaban J connectivity index is 1.66. The van der Waals surface area contributed by atoms with Crippen LogP contribution in [0.4, 0.5) is 22.0 Å². The molecular weight excluding hydrogens is 455 g/mol. The molecule has 174 valence electrons. The number of ether oxygens (including phenoxy) is 1. The average Bonchev–Trinajstić information content (AvgIpc) is 3.03. The molecule has 1 heterocycles. The van der Waals surface area contributed by atoms with Gasteiger partial charge in [0.05, 0.1) is 11.1 Å². The van der Waals surface area contributed by atoms with E-state index in [2.05, 4.69) is 10.1 Å². The number of halogens is 5. The summed E-state index contributed by atoms with van der Waals surface area (Å²) in [6, 6.07) is 6.08. The second kappa shape index (κ2) is 8.60. The number of amides is 3. The number of fused-ring (bicyclic) bond motifs is 1. The molecule has 1 N–H and O–H groups in total. The fraction of sp³-hybridized carbons (Fsp3) is 0.238. The van der Waals surface area contributed by atoms with Gasteiger partial charge in [-0.05, 0) is 26.0 Å². The SMILES string of the molecule is CC(C)(C(=O)NCCN1C(=O)c2ccccc2C1=O)C(=O)Oc1c(F)c(F)c(F)c(F)c1F. The zero-order valence-electron chi connectivity index (χ0n) is 17.1. The van der Waals surface area contributed by atoms with Gasteiger partial charge in [-0.25, -0.2) is 13.2 Å². The molecule has 33 heavy (non-hydrogen) atoms. The maximum atomic E-state index is 13.7. The zero-order valence-corrected chi connectivity index (χ0v) is 17.1. The number of esters is 1. The smallest absolute Gasteiger partial charge is 0.326 e. The first-order valence-corrected chi connectivity index (χ1v) is 9.36. The molecule has 0 aliphatic carbocycles. The lowest BCUT2D eigenvalue weighted by atomic mass is 9.92. The van der Waals surface area contributed by atoms with Gasteiger partial charge >= 0.3 is 5.97 Å². The van der Waals surface area contributed by atoms with E-state index in [0.29, 0.717) is 0 Å². The van der Waals surface area contributed by atoms with Crippen molar-refractivity contribution < 1.29 is 45.9 Å². The van der Waals surface area contributed by atoms with Crippen LogP contribution in [0.5, 0.6) is 5.75 Å². The number of nitrogens with one attached hydrogen (secondary N) is 1. The summed E-state index contributed by atoms with van der Waals surface area (Å²) in [5, 5.41) is 2.26. The number of carbonyl (C=O) groups is 4. The Morgan fingerprint density at radius 2 is 1.33 bits per heavy atom. The van der Waals surface area contributed by atoms with Gasteiger partial charge in [0.1, 0.15) is 5.41 Å². The highest BCUT2D eigenvalue weighted by Gasteiger charge is 2.41. The summed E-state index contributed by atoms with van der Waals surface area (Å²) in [6.45, 7) is 1.43. The predicted molar refractivity (Wildman–Crippen MR) is 100 cm³/mol. The second-order valence-electron chi connectivity index (χ2n) is 7.48. The van der Waals surface area contributed by atoms with Crippen LogP contribution >= 0.6 is 0 Å². The minimum atomic E-state index is -2.44. The molecule has 2 aromatic carbocycles. The minimum absolute atomic E-state index is 0.195. The van der Waals surface area contributed by atoms with Gasteiger partial charge in [0, 0.05) is 13.1 Å². The molecule has 12 heteroatoms. The normalized spacial score (nSPS) is 13.2. The van der Waals surface area contributed by atoms with Crippen molar-refractivity contribution in [1.82, 2.24) is 10.2 Å². The van der Waals surface area contributed by atoms with Crippen LogP contribution in [0.3, 0.4) is 0 Å². The molecule has 0 radical (unpaired) electrons. The van der Waals surface area contributed by atoms with Crippen LogP contribution in [-0.4, -0.2) is 41.7 Å². The molecule has 3 rings (SSSR count). The summed E-state index contributed by atoms with van der Waals surface area (Å²) in [7, 11) is 0. The molecule has 0 unspecified atom stereocenters. The number of hydrogen-bond donors (Lipinski definition) is 1. The third-order valence-corrected chi connectivity index (χ3v) is 4.94. The van der Waals surface area contributed by atoms with E-state index in [9.17, 15) is 41.1 Å². The van der Waals surface area contributed by atoms with Crippen LogP contribution in [0, 0.1) is 34.5 Å². The molecule has 0 saturated heterocycles. The molecule has 1 aliphatic rings. The average molecular weight is 470 g/mol. The van der Waals surface area contributed by atoms with Gasteiger partial charge in [-0.1, -0.05) is 12.1 Å². The summed E-state index contributed by atoms with van der Waals surface area (Å²) < 4.78 is 71.5. The van der Waals surface area contributed by atoms with Gasteiger partial charge < -0.3 is 10.1 Å². The monoisotopic (exact) mass is 470 g/mol. The Morgan fingerprint density at radius 3 is 1.82 bits per heavy atom. The lowest BCUT2D eigenvalue weighted by molar-refractivity contribution is -0.151. The number of carbonyl (C=O) groups excluding carboxylic acids is 4. The van der Waals surface area contributed by atoms with Crippen molar-refractivity contribution in [2.75, 3.05) is 13.1 Å². The highest BCUT2D eigenvalue weighted by Crippen LogP contribution is 2.31. The zero-order chi connectivity index (χ0) is 24.7. The van der Waals surface area contributed by atoms with E-state index in [0.717, 1.165) is 18.7 Å². The maximum absolute atomic E-state index is 13.7. The van der Waals surface area contributed by atoms with Crippen molar-refractivity contribution in [3.63, 3.8) is 0 Å². The third-order valence-electron chi connectivity index (χ3n) is 4.94. The van der Waals surface area contributed by atoms with Gasteiger partial charge in [0.2, 0.25) is 40.7 Å². The van der Waals surface area contributed by atoms with E-state index in [4.69, 9.17) is 0 Å². The van der Waals surface area contributed by atoms with Gasteiger partial charge in [-0.15, -0.1) is 0 Å². The van der Waals surface area contributed by atoms with Crippen LogP contribution in [-0.2, 0) is 9.59 Å². The number of rotatable bonds is 6. The first-order valence-electron chi connectivity index (χ1n) is 9.36. The summed E-state index contributed by atoms with van der Waals surface area (Å²) in [4.78, 5) is 50.2. The van der Waals surface area contributed by atoms with Crippen molar-refractivity contribution in [3.8, 4) is 5.75 Å². The fourth-order valence-electron chi connectivity index (χ4n) is 2.93. The number of hydrogen-bond acceptors (Lipinski definition) is 5. The van der Waals surface area contributed by atoms with Crippen molar-refractivity contribution >= 4 is 23.7 Å². The van der Waals surface area contributed by atoms with Gasteiger partial charge in [0.15, 0.2) is 0 Å². The van der Waals surface area contributed by atoms with E-state index in [1.54, 1.807) is 12.1 Å². The predicted octanol–water partition coefficient (Wildman–Crippen LogP) is 2.73. The standard InChI is InChI=1S/C21H15F5N2O5/c1-21(2,20(32)33-16-14(25)12(23)11(22)13(24)15(16)26)19(31)27-7-8-28-17(29)9-5-3-4-6-10(9)18(28)30/h3-6H,7-8H2,1-2H3,(H,27,31). The van der Waals surface area contributed by atoms with Crippen molar-refractivity contribution in [2.24, 2.45) is 5.41 Å². The molecular formula is C21H15F5N2O5. The lowest BCUT2D eigenvalue weighted by Gasteiger charge is -2.23. The molecule has 7 nitrogen and oxygen atoms in total. The van der Waals surface area contributed by atoms with E-state index < -0.39 is 63.9 Å². The quantitative estimate of drug-likeness (QED) is 0.133. The third kappa shape index (κ3) is 4.03. The Kier molecular flexibility index (Phi) is 6.21.